The maximum Gasteiger partial charge on any atom is 0.408 e. The fourth-order valence-corrected chi connectivity index (χ4v) is 4.76. The summed E-state index contributed by atoms with van der Waals surface area (Å²) in [7, 11) is 0. The fourth-order valence-electron chi connectivity index (χ4n) is 4.76. The van der Waals surface area contributed by atoms with Crippen LogP contribution >= 0.6 is 0 Å². The van der Waals surface area contributed by atoms with Crippen LogP contribution in [0.15, 0.2) is 24.3 Å². The van der Waals surface area contributed by atoms with Crippen LogP contribution < -0.4 is 16.4 Å². The molecule has 0 saturated heterocycles. The van der Waals surface area contributed by atoms with Crippen molar-refractivity contribution in [1.82, 2.24) is 15.5 Å². The molecule has 1 aromatic rings. The lowest BCUT2D eigenvalue weighted by Crippen LogP contribution is -2.54. The zero-order valence-electron chi connectivity index (χ0n) is 26.4. The maximum absolute atomic E-state index is 14.3. The number of primary amides is 1. The molecule has 9 nitrogen and oxygen atoms in total. The Morgan fingerprint density at radius 3 is 2.20 bits per heavy atom. The third-order valence-electron chi connectivity index (χ3n) is 6.73. The summed E-state index contributed by atoms with van der Waals surface area (Å²) < 4.78 is 5.41. The van der Waals surface area contributed by atoms with E-state index in [0.29, 0.717) is 18.5 Å². The number of hydrogen-bond acceptors (Lipinski definition) is 5. The van der Waals surface area contributed by atoms with Crippen molar-refractivity contribution in [3.8, 4) is 0 Å². The van der Waals surface area contributed by atoms with Gasteiger partial charge in [-0.1, -0.05) is 82.2 Å². The van der Waals surface area contributed by atoms with E-state index >= 15 is 0 Å². The zero-order chi connectivity index (χ0) is 31.0. The van der Waals surface area contributed by atoms with Gasteiger partial charge in [0.05, 0.1) is 0 Å². The van der Waals surface area contributed by atoms with E-state index in [0.717, 1.165) is 50.5 Å². The summed E-state index contributed by atoms with van der Waals surface area (Å²) in [5.41, 5.74) is 6.29. The largest absolute Gasteiger partial charge is 0.444 e. The van der Waals surface area contributed by atoms with Gasteiger partial charge < -0.3 is 26.0 Å². The van der Waals surface area contributed by atoms with Crippen LogP contribution in [0.3, 0.4) is 0 Å². The minimum absolute atomic E-state index is 0.00516. The second-order valence-electron chi connectivity index (χ2n) is 12.0. The molecule has 0 aliphatic heterocycles. The lowest BCUT2D eigenvalue weighted by atomic mass is 9.99. The Kier molecular flexibility index (Phi) is 16.1. The Balaban J connectivity index is 3.49. The quantitative estimate of drug-likeness (QED) is 0.194. The summed E-state index contributed by atoms with van der Waals surface area (Å²) in [6.07, 6.45) is 6.87. The number of nitrogens with two attached hydrogens (primary N) is 1. The number of nitrogens with zero attached hydrogens (tertiary/aromatic N) is 1. The Labute approximate surface area is 247 Å². The van der Waals surface area contributed by atoms with Gasteiger partial charge in [0.1, 0.15) is 17.7 Å². The SMILES string of the molecule is CCCCCCCCN(C(=O)C(CCC(N)=O)NC(=O)OC(C)(C)C)C(C(=O)NC(C)CCC)c1cccc(C)c1. The van der Waals surface area contributed by atoms with Crippen LogP contribution in [-0.2, 0) is 19.1 Å². The molecule has 4 N–H and O–H groups in total. The Bertz CT molecular complexity index is 975. The van der Waals surface area contributed by atoms with Gasteiger partial charge >= 0.3 is 6.09 Å². The average molecular weight is 575 g/mol. The van der Waals surface area contributed by atoms with E-state index in [2.05, 4.69) is 24.5 Å². The molecule has 41 heavy (non-hydrogen) atoms. The number of aryl methyl sites for hydroxylation is 1. The summed E-state index contributed by atoms with van der Waals surface area (Å²) in [5.74, 6) is -1.31. The number of hydrogen-bond donors (Lipinski definition) is 3. The Morgan fingerprint density at radius 2 is 1.61 bits per heavy atom. The van der Waals surface area contributed by atoms with E-state index < -0.39 is 35.6 Å². The van der Waals surface area contributed by atoms with Crippen molar-refractivity contribution in [3.63, 3.8) is 0 Å². The normalized spacial score (nSPS) is 13.5. The number of amides is 4. The molecule has 0 radical (unpaired) electrons. The minimum atomic E-state index is -1.09. The van der Waals surface area contributed by atoms with E-state index in [1.54, 1.807) is 25.7 Å². The van der Waals surface area contributed by atoms with Crippen molar-refractivity contribution in [2.45, 2.75) is 136 Å². The maximum atomic E-state index is 14.3. The second-order valence-corrected chi connectivity index (χ2v) is 12.0. The standard InChI is InChI=1S/C32H54N4O5/c1-8-10-11-12-13-14-21-36(30(39)26(19-20-27(33)37)35-31(40)41-32(5,6)7)28(25-18-15-17-23(3)22-25)29(38)34-24(4)16-9-2/h15,17-18,22,24,26,28H,8-14,16,19-21H2,1-7H3,(H2,33,37)(H,34,38)(H,35,40). The van der Waals surface area contributed by atoms with Gasteiger partial charge in [-0.15, -0.1) is 0 Å². The molecule has 4 amide bonds. The minimum Gasteiger partial charge on any atom is -0.444 e. The van der Waals surface area contributed by atoms with E-state index in [-0.39, 0.29) is 24.8 Å². The number of nitrogens with one attached hydrogen (secondary N) is 2. The lowest BCUT2D eigenvalue weighted by Gasteiger charge is -2.35. The first kappa shape index (κ1) is 35.9. The van der Waals surface area contributed by atoms with Crippen molar-refractivity contribution in [1.29, 1.82) is 0 Å². The van der Waals surface area contributed by atoms with Crippen LogP contribution in [0, 0.1) is 6.92 Å². The molecule has 0 aliphatic carbocycles. The monoisotopic (exact) mass is 574 g/mol. The van der Waals surface area contributed by atoms with Crippen molar-refractivity contribution in [3.05, 3.63) is 35.4 Å². The highest BCUT2D eigenvalue weighted by atomic mass is 16.6. The van der Waals surface area contributed by atoms with Crippen LogP contribution in [0.25, 0.3) is 0 Å². The lowest BCUT2D eigenvalue weighted by molar-refractivity contribution is -0.143. The van der Waals surface area contributed by atoms with E-state index in [1.807, 2.05) is 38.1 Å². The van der Waals surface area contributed by atoms with Gasteiger partial charge in [0.2, 0.25) is 17.7 Å². The summed E-state index contributed by atoms with van der Waals surface area (Å²) in [4.78, 5) is 54.1. The third-order valence-corrected chi connectivity index (χ3v) is 6.73. The zero-order valence-corrected chi connectivity index (χ0v) is 26.4. The van der Waals surface area contributed by atoms with Crippen molar-refractivity contribution in [2.24, 2.45) is 5.73 Å². The molecule has 0 fully saturated rings. The molecule has 0 spiro atoms. The van der Waals surface area contributed by atoms with E-state index in [9.17, 15) is 19.2 Å². The first-order valence-corrected chi connectivity index (χ1v) is 15.2. The first-order valence-electron chi connectivity index (χ1n) is 15.2. The molecule has 1 rings (SSSR count). The number of carbonyl (C=O) groups excluding carboxylic acids is 4. The number of unbranched alkanes of at least 4 members (excludes halogenated alkanes) is 5. The van der Waals surface area contributed by atoms with Crippen LogP contribution in [-0.4, -0.2) is 52.9 Å². The number of rotatable bonds is 18. The number of alkyl carbamates (subject to hydrolysis) is 1. The van der Waals surface area contributed by atoms with E-state index in [1.165, 1.54) is 0 Å². The molecule has 0 bridgehead atoms. The third kappa shape index (κ3) is 14.4. The van der Waals surface area contributed by atoms with Crippen LogP contribution in [0.5, 0.6) is 0 Å². The van der Waals surface area contributed by atoms with Gasteiger partial charge in [-0.05, 0) is 59.4 Å². The van der Waals surface area contributed by atoms with Crippen molar-refractivity contribution < 1.29 is 23.9 Å². The van der Waals surface area contributed by atoms with Crippen molar-refractivity contribution in [2.75, 3.05) is 6.54 Å². The van der Waals surface area contributed by atoms with Crippen molar-refractivity contribution >= 4 is 23.8 Å². The number of benzene rings is 1. The van der Waals surface area contributed by atoms with Crippen LogP contribution in [0.2, 0.25) is 0 Å². The average Bonchev–Trinajstić information content (AvgIpc) is 2.86. The number of carbonyl (C=O) groups is 4. The Hall–Kier alpha value is -3.10. The van der Waals surface area contributed by atoms with Gasteiger partial charge in [0, 0.05) is 19.0 Å². The molecule has 0 heterocycles. The van der Waals surface area contributed by atoms with Gasteiger partial charge in [-0.3, -0.25) is 14.4 Å². The topological polar surface area (TPSA) is 131 Å². The summed E-state index contributed by atoms with van der Waals surface area (Å²) >= 11 is 0. The molecule has 0 saturated carbocycles. The molecular formula is C32H54N4O5. The van der Waals surface area contributed by atoms with Gasteiger partial charge in [-0.2, -0.15) is 0 Å². The Morgan fingerprint density at radius 1 is 0.951 bits per heavy atom. The van der Waals surface area contributed by atoms with Gasteiger partial charge in [0.15, 0.2) is 0 Å². The molecule has 1 aromatic carbocycles. The smallest absolute Gasteiger partial charge is 0.408 e. The highest BCUT2D eigenvalue weighted by Crippen LogP contribution is 2.26. The van der Waals surface area contributed by atoms with Gasteiger partial charge in [0.25, 0.3) is 0 Å². The molecule has 9 heteroatoms. The fraction of sp³-hybridized carbons (Fsp3) is 0.688. The summed E-state index contributed by atoms with van der Waals surface area (Å²) in [5, 5.41) is 5.75. The van der Waals surface area contributed by atoms with Crippen LogP contribution in [0.1, 0.15) is 123 Å². The summed E-state index contributed by atoms with van der Waals surface area (Å²) in [6, 6.07) is 5.50. The first-order chi connectivity index (χ1) is 19.3. The highest BCUT2D eigenvalue weighted by molar-refractivity contribution is 5.92. The predicted octanol–water partition coefficient (Wildman–Crippen LogP) is 5.69. The molecule has 0 aliphatic rings. The molecule has 0 aromatic heterocycles. The molecule has 232 valence electrons. The van der Waals surface area contributed by atoms with Gasteiger partial charge in [-0.25, -0.2) is 4.79 Å². The van der Waals surface area contributed by atoms with E-state index in [4.69, 9.17) is 10.5 Å². The molecule has 3 unspecified atom stereocenters. The number of ether oxygens (including phenoxy) is 1. The molecule has 3 atom stereocenters. The molecular weight excluding hydrogens is 520 g/mol. The van der Waals surface area contributed by atoms with Crippen LogP contribution in [0.4, 0.5) is 4.79 Å². The predicted molar refractivity (Wildman–Crippen MR) is 163 cm³/mol. The second kappa shape index (κ2) is 18.4. The summed E-state index contributed by atoms with van der Waals surface area (Å²) in [6.45, 7) is 13.6. The highest BCUT2D eigenvalue weighted by Gasteiger charge is 2.36.